The molecule has 0 atom stereocenters. The highest BCUT2D eigenvalue weighted by molar-refractivity contribution is 5.74. The summed E-state index contributed by atoms with van der Waals surface area (Å²) in [6, 6.07) is 0. The fraction of sp³-hybridized carbons (Fsp3) is 0.167. The van der Waals surface area contributed by atoms with E-state index in [4.69, 9.17) is 5.21 Å². The van der Waals surface area contributed by atoms with Crippen molar-refractivity contribution in [3.8, 4) is 0 Å². The van der Waals surface area contributed by atoms with Crippen LogP contribution in [0.15, 0.2) is 11.1 Å². The Morgan fingerprint density at radius 3 is 3.08 bits per heavy atom. The summed E-state index contributed by atoms with van der Waals surface area (Å²) in [6.45, 7) is 1.75. The minimum Gasteiger partial charge on any atom is -0.424 e. The lowest BCUT2D eigenvalue weighted by Gasteiger charge is -1.91. The van der Waals surface area contributed by atoms with Crippen molar-refractivity contribution in [3.63, 3.8) is 0 Å². The number of hydrogen-bond acceptors (Lipinski definition) is 4. The molecule has 0 spiro atoms. The normalized spacial score (nSPS) is 10.8. The molecule has 0 aromatic carbocycles. The van der Waals surface area contributed by atoms with E-state index in [0.717, 1.165) is 6.33 Å². The number of H-pyrrole nitrogens is 1. The molecule has 0 aliphatic heterocycles. The van der Waals surface area contributed by atoms with Gasteiger partial charge in [-0.2, -0.15) is 5.10 Å². The van der Waals surface area contributed by atoms with Crippen LogP contribution < -0.4 is 5.56 Å². The third kappa shape index (κ3) is 0.714. The van der Waals surface area contributed by atoms with Crippen LogP contribution in [-0.4, -0.2) is 25.1 Å². The van der Waals surface area contributed by atoms with Gasteiger partial charge >= 0.3 is 5.56 Å². The maximum Gasteiger partial charge on any atom is 0.314 e. The summed E-state index contributed by atoms with van der Waals surface area (Å²) < 4.78 is 0.405. The summed E-state index contributed by atoms with van der Waals surface area (Å²) in [4.78, 5) is 15.0. The molecule has 0 saturated heterocycles. The van der Waals surface area contributed by atoms with Gasteiger partial charge in [-0.05, 0) is 6.92 Å². The molecule has 2 heterocycles. The Labute approximate surface area is 66.4 Å². The first-order valence-electron chi connectivity index (χ1n) is 3.31. The van der Waals surface area contributed by atoms with Crippen LogP contribution in [0.25, 0.3) is 11.0 Å². The molecule has 0 aliphatic rings. The highest BCUT2D eigenvalue weighted by atomic mass is 16.5. The number of nitrogens with one attached hydrogen (secondary N) is 1. The van der Waals surface area contributed by atoms with Gasteiger partial charge in [0, 0.05) is 0 Å². The van der Waals surface area contributed by atoms with Gasteiger partial charge in [-0.15, -0.1) is 4.73 Å². The standard InChI is InChI=1S/C6H6N4O2/c1-3-4-5(9-8-3)6(11)10(12)2-7-4/h2,12H,1H3,(H,8,9). The van der Waals surface area contributed by atoms with Crippen molar-refractivity contribution in [3.05, 3.63) is 22.4 Å². The molecule has 12 heavy (non-hydrogen) atoms. The summed E-state index contributed by atoms with van der Waals surface area (Å²) in [5, 5.41) is 15.2. The summed E-state index contributed by atoms with van der Waals surface area (Å²) in [5.41, 5.74) is 0.787. The van der Waals surface area contributed by atoms with Crippen LogP contribution in [0.2, 0.25) is 0 Å². The van der Waals surface area contributed by atoms with Crippen LogP contribution in [0.1, 0.15) is 5.69 Å². The van der Waals surface area contributed by atoms with Gasteiger partial charge in [-0.25, -0.2) is 4.98 Å². The SMILES string of the molecule is Cc1[nH]nc2c(=O)n(O)cnc12. The second-order valence-electron chi connectivity index (χ2n) is 2.44. The Bertz CT molecular complexity index is 484. The van der Waals surface area contributed by atoms with E-state index in [9.17, 15) is 4.79 Å². The molecular weight excluding hydrogens is 160 g/mol. The Kier molecular flexibility index (Phi) is 1.18. The third-order valence-corrected chi connectivity index (χ3v) is 1.62. The summed E-state index contributed by atoms with van der Waals surface area (Å²) in [7, 11) is 0. The van der Waals surface area contributed by atoms with E-state index >= 15 is 0 Å². The van der Waals surface area contributed by atoms with Gasteiger partial charge in [0.05, 0.1) is 5.69 Å². The van der Waals surface area contributed by atoms with Crippen LogP contribution >= 0.6 is 0 Å². The number of hydrogen-bond donors (Lipinski definition) is 2. The van der Waals surface area contributed by atoms with Crippen molar-refractivity contribution < 1.29 is 5.21 Å². The van der Waals surface area contributed by atoms with E-state index < -0.39 is 5.56 Å². The van der Waals surface area contributed by atoms with Gasteiger partial charge in [0.15, 0.2) is 5.52 Å². The molecule has 0 bridgehead atoms. The van der Waals surface area contributed by atoms with E-state index in [0.29, 0.717) is 15.9 Å². The molecule has 6 nitrogen and oxygen atoms in total. The predicted octanol–water partition coefficient (Wildman–Crippen LogP) is -0.335. The molecule has 2 rings (SSSR count). The molecule has 0 aliphatic carbocycles. The fourth-order valence-corrected chi connectivity index (χ4v) is 1.00. The van der Waals surface area contributed by atoms with Crippen molar-refractivity contribution in [2.45, 2.75) is 6.92 Å². The first-order chi connectivity index (χ1) is 5.70. The topological polar surface area (TPSA) is 83.8 Å². The van der Waals surface area contributed by atoms with Gasteiger partial charge < -0.3 is 5.21 Å². The minimum atomic E-state index is -0.565. The quantitative estimate of drug-likeness (QED) is 0.524. The zero-order chi connectivity index (χ0) is 8.72. The van der Waals surface area contributed by atoms with Gasteiger partial charge in [0.2, 0.25) is 0 Å². The van der Waals surface area contributed by atoms with Gasteiger partial charge in [0.1, 0.15) is 11.8 Å². The van der Waals surface area contributed by atoms with E-state index in [1.54, 1.807) is 6.92 Å². The molecule has 0 radical (unpaired) electrons. The largest absolute Gasteiger partial charge is 0.424 e. The molecule has 0 amide bonds. The monoisotopic (exact) mass is 166 g/mol. The third-order valence-electron chi connectivity index (χ3n) is 1.62. The number of nitrogens with zero attached hydrogens (tertiary/aromatic N) is 3. The van der Waals surface area contributed by atoms with Gasteiger partial charge in [-0.1, -0.05) is 0 Å². The van der Waals surface area contributed by atoms with Crippen LogP contribution in [0, 0.1) is 6.92 Å². The van der Waals surface area contributed by atoms with Crippen LogP contribution in [0.5, 0.6) is 0 Å². The molecule has 2 aromatic heterocycles. The zero-order valence-corrected chi connectivity index (χ0v) is 6.27. The minimum absolute atomic E-state index is 0.150. The summed E-state index contributed by atoms with van der Waals surface area (Å²) >= 11 is 0. The Balaban J connectivity index is 3.03. The van der Waals surface area contributed by atoms with Crippen molar-refractivity contribution in [2.75, 3.05) is 0 Å². The first kappa shape index (κ1) is 6.84. The zero-order valence-electron chi connectivity index (χ0n) is 6.27. The summed E-state index contributed by atoms with van der Waals surface area (Å²) in [5.74, 6) is 0. The van der Waals surface area contributed by atoms with Crippen LogP contribution in [0.3, 0.4) is 0 Å². The average molecular weight is 166 g/mol. The Hall–Kier alpha value is -1.85. The molecular formula is C6H6N4O2. The highest BCUT2D eigenvalue weighted by Crippen LogP contribution is 2.05. The van der Waals surface area contributed by atoms with Crippen molar-refractivity contribution in [1.82, 2.24) is 19.9 Å². The highest BCUT2D eigenvalue weighted by Gasteiger charge is 2.07. The number of rotatable bonds is 0. The maximum atomic E-state index is 11.1. The number of aromatic nitrogens is 4. The van der Waals surface area contributed by atoms with E-state index in [2.05, 4.69) is 15.2 Å². The van der Waals surface area contributed by atoms with Gasteiger partial charge in [-0.3, -0.25) is 9.89 Å². The van der Waals surface area contributed by atoms with E-state index in [1.807, 2.05) is 0 Å². The summed E-state index contributed by atoms with van der Waals surface area (Å²) in [6.07, 6.45) is 1.05. The lowest BCUT2D eigenvalue weighted by atomic mass is 10.4. The van der Waals surface area contributed by atoms with Crippen molar-refractivity contribution >= 4 is 11.0 Å². The molecule has 0 fully saturated rings. The molecule has 62 valence electrons. The van der Waals surface area contributed by atoms with Crippen molar-refractivity contribution in [2.24, 2.45) is 0 Å². The number of aromatic amines is 1. The first-order valence-corrected chi connectivity index (χ1v) is 3.31. The lowest BCUT2D eigenvalue weighted by Crippen LogP contribution is -2.17. The molecule has 6 heteroatoms. The fourth-order valence-electron chi connectivity index (χ4n) is 1.00. The number of fused-ring (bicyclic) bond motifs is 1. The maximum absolute atomic E-state index is 11.1. The average Bonchev–Trinajstić information content (AvgIpc) is 2.41. The predicted molar refractivity (Wildman–Crippen MR) is 40.1 cm³/mol. The second kappa shape index (κ2) is 2.07. The molecule has 2 aromatic rings. The Morgan fingerprint density at radius 2 is 2.33 bits per heavy atom. The van der Waals surface area contributed by atoms with Crippen LogP contribution in [0.4, 0.5) is 0 Å². The van der Waals surface area contributed by atoms with Gasteiger partial charge in [0.25, 0.3) is 0 Å². The second-order valence-corrected chi connectivity index (χ2v) is 2.44. The molecule has 0 saturated carbocycles. The number of aryl methyl sites for hydroxylation is 1. The molecule has 0 unspecified atom stereocenters. The van der Waals surface area contributed by atoms with E-state index in [-0.39, 0.29) is 5.52 Å². The van der Waals surface area contributed by atoms with Crippen LogP contribution in [-0.2, 0) is 0 Å². The van der Waals surface area contributed by atoms with E-state index in [1.165, 1.54) is 0 Å². The molecule has 2 N–H and O–H groups in total. The smallest absolute Gasteiger partial charge is 0.314 e. The van der Waals surface area contributed by atoms with Crippen molar-refractivity contribution in [1.29, 1.82) is 0 Å². The Morgan fingerprint density at radius 1 is 1.58 bits per heavy atom. The lowest BCUT2D eigenvalue weighted by molar-refractivity contribution is 0.173.